The van der Waals surface area contributed by atoms with E-state index in [0.29, 0.717) is 5.88 Å². The maximum absolute atomic E-state index is 6.30. The number of hydrogen-bond acceptors (Lipinski definition) is 1. The Morgan fingerprint density at radius 3 is 2.67 bits per heavy atom. The van der Waals surface area contributed by atoms with Gasteiger partial charge in [0.05, 0.1) is 22.6 Å². The Labute approximate surface area is 141 Å². The van der Waals surface area contributed by atoms with Crippen LogP contribution in [0.4, 0.5) is 0 Å². The highest BCUT2D eigenvalue weighted by atomic mass is 79.9. The Kier molecular flexibility index (Phi) is 4.00. The highest BCUT2D eigenvalue weighted by Crippen LogP contribution is 2.33. The second kappa shape index (κ2) is 5.64. The zero-order valence-electron chi connectivity index (χ0n) is 11.6. The van der Waals surface area contributed by atoms with E-state index in [0.717, 1.165) is 43.2 Å². The van der Waals surface area contributed by atoms with Crippen LogP contribution in [0.1, 0.15) is 17.0 Å². The first kappa shape index (κ1) is 14.9. The molecule has 2 nitrogen and oxygen atoms in total. The number of halogens is 3. The molecule has 0 N–H and O–H groups in total. The van der Waals surface area contributed by atoms with Crippen molar-refractivity contribution in [2.24, 2.45) is 0 Å². The first-order chi connectivity index (χ1) is 10.0. The number of aryl methyl sites for hydroxylation is 2. The average Bonchev–Trinajstić information content (AvgIpc) is 2.82. The van der Waals surface area contributed by atoms with Crippen LogP contribution in [-0.4, -0.2) is 9.55 Å². The quantitative estimate of drug-likeness (QED) is 0.511. The molecule has 108 valence electrons. The summed E-state index contributed by atoms with van der Waals surface area (Å²) in [7, 11) is 0. The van der Waals surface area contributed by atoms with Crippen molar-refractivity contribution < 1.29 is 0 Å². The van der Waals surface area contributed by atoms with Gasteiger partial charge in [0.2, 0.25) is 0 Å². The van der Waals surface area contributed by atoms with Gasteiger partial charge in [0.15, 0.2) is 0 Å². The third kappa shape index (κ3) is 2.48. The van der Waals surface area contributed by atoms with Gasteiger partial charge in [-0.1, -0.05) is 23.7 Å². The van der Waals surface area contributed by atoms with Gasteiger partial charge in [-0.05, 0) is 59.1 Å². The van der Waals surface area contributed by atoms with Crippen LogP contribution in [-0.2, 0) is 5.88 Å². The molecule has 0 aliphatic carbocycles. The molecule has 1 aromatic heterocycles. The summed E-state index contributed by atoms with van der Waals surface area (Å²) in [5.74, 6) is 1.15. The zero-order valence-corrected chi connectivity index (χ0v) is 14.7. The van der Waals surface area contributed by atoms with E-state index < -0.39 is 0 Å². The van der Waals surface area contributed by atoms with Gasteiger partial charge in [0.25, 0.3) is 0 Å². The Morgan fingerprint density at radius 1 is 1.19 bits per heavy atom. The van der Waals surface area contributed by atoms with Gasteiger partial charge in [0, 0.05) is 9.50 Å². The molecule has 1 heterocycles. The maximum atomic E-state index is 6.30. The molecule has 0 atom stereocenters. The molecule has 0 spiro atoms. The molecule has 3 rings (SSSR count). The van der Waals surface area contributed by atoms with Crippen LogP contribution in [0.15, 0.2) is 34.8 Å². The first-order valence-electron chi connectivity index (χ1n) is 6.52. The number of alkyl halides is 1. The largest absolute Gasteiger partial charge is 0.294 e. The lowest BCUT2D eigenvalue weighted by Gasteiger charge is -2.13. The third-order valence-corrected chi connectivity index (χ3v) is 4.82. The number of nitrogens with zero attached hydrogens (tertiary/aromatic N) is 2. The van der Waals surface area contributed by atoms with Crippen molar-refractivity contribution in [2.45, 2.75) is 19.7 Å². The van der Waals surface area contributed by atoms with Gasteiger partial charge >= 0.3 is 0 Å². The van der Waals surface area contributed by atoms with Gasteiger partial charge in [-0.3, -0.25) is 4.57 Å². The molecule has 0 aliphatic heterocycles. The molecule has 0 aliphatic rings. The first-order valence-corrected chi connectivity index (χ1v) is 8.22. The van der Waals surface area contributed by atoms with Crippen molar-refractivity contribution in [1.82, 2.24) is 9.55 Å². The van der Waals surface area contributed by atoms with Gasteiger partial charge in [-0.15, -0.1) is 11.6 Å². The van der Waals surface area contributed by atoms with Gasteiger partial charge in [-0.25, -0.2) is 4.98 Å². The topological polar surface area (TPSA) is 17.8 Å². The van der Waals surface area contributed by atoms with E-state index in [9.17, 15) is 0 Å². The Balaban J connectivity index is 2.41. The molecule has 0 amide bonds. The summed E-state index contributed by atoms with van der Waals surface area (Å²) >= 11 is 16.0. The monoisotopic (exact) mass is 382 g/mol. The summed E-state index contributed by atoms with van der Waals surface area (Å²) in [4.78, 5) is 4.63. The molecule has 0 bridgehead atoms. The lowest BCUT2D eigenvalue weighted by molar-refractivity contribution is 0.973. The molecule has 0 radical (unpaired) electrons. The Bertz CT molecular complexity index is 840. The number of aromatic nitrogens is 2. The minimum Gasteiger partial charge on any atom is -0.294 e. The van der Waals surface area contributed by atoms with E-state index in [1.165, 1.54) is 0 Å². The van der Waals surface area contributed by atoms with Gasteiger partial charge < -0.3 is 0 Å². The molecule has 21 heavy (non-hydrogen) atoms. The summed E-state index contributed by atoms with van der Waals surface area (Å²) < 4.78 is 3.05. The molecule has 0 saturated heterocycles. The molecule has 2 aromatic carbocycles. The lowest BCUT2D eigenvalue weighted by Crippen LogP contribution is -2.02. The number of hydrogen-bond donors (Lipinski definition) is 0. The predicted molar refractivity (Wildman–Crippen MR) is 92.8 cm³/mol. The molecule has 0 unspecified atom stereocenters. The van der Waals surface area contributed by atoms with Crippen LogP contribution in [0.5, 0.6) is 0 Å². The van der Waals surface area contributed by atoms with Gasteiger partial charge in [-0.2, -0.15) is 0 Å². The number of para-hydroxylation sites is 1. The van der Waals surface area contributed by atoms with Crippen LogP contribution in [0, 0.1) is 13.8 Å². The fourth-order valence-corrected chi connectivity index (χ4v) is 3.47. The van der Waals surface area contributed by atoms with E-state index >= 15 is 0 Å². The molecular formula is C16H13BrCl2N2. The van der Waals surface area contributed by atoms with E-state index in [-0.39, 0.29) is 0 Å². The lowest BCUT2D eigenvalue weighted by atomic mass is 10.2. The average molecular weight is 384 g/mol. The van der Waals surface area contributed by atoms with E-state index in [4.69, 9.17) is 23.2 Å². The third-order valence-electron chi connectivity index (χ3n) is 3.54. The summed E-state index contributed by atoms with van der Waals surface area (Å²) in [6.07, 6.45) is 0. The predicted octanol–water partition coefficient (Wildman–Crippen LogP) is 5.80. The number of rotatable bonds is 2. The molecule has 3 aromatic rings. The molecule has 0 fully saturated rings. The van der Waals surface area contributed by atoms with Crippen molar-refractivity contribution >= 4 is 50.2 Å². The molecular weight excluding hydrogens is 371 g/mol. The highest BCUT2D eigenvalue weighted by molar-refractivity contribution is 9.10. The SMILES string of the molecule is Cc1cc(Br)c(-n2c(CCl)nc3cccc(C)c32)cc1Cl. The van der Waals surface area contributed by atoms with Crippen LogP contribution in [0.2, 0.25) is 5.02 Å². The van der Waals surface area contributed by atoms with Gasteiger partial charge in [0.1, 0.15) is 5.82 Å². The minimum atomic E-state index is 0.339. The summed E-state index contributed by atoms with van der Waals surface area (Å²) in [6, 6.07) is 10.0. The molecule has 5 heteroatoms. The van der Waals surface area contributed by atoms with Crippen molar-refractivity contribution in [3.63, 3.8) is 0 Å². The highest BCUT2D eigenvalue weighted by Gasteiger charge is 2.16. The zero-order chi connectivity index (χ0) is 15.1. The van der Waals surface area contributed by atoms with Crippen LogP contribution >= 0.6 is 39.1 Å². The van der Waals surface area contributed by atoms with Crippen LogP contribution in [0.25, 0.3) is 16.7 Å². The van der Waals surface area contributed by atoms with Crippen molar-refractivity contribution in [3.8, 4) is 5.69 Å². The van der Waals surface area contributed by atoms with Crippen molar-refractivity contribution in [2.75, 3.05) is 0 Å². The van der Waals surface area contributed by atoms with Crippen LogP contribution < -0.4 is 0 Å². The molecule has 0 saturated carbocycles. The van der Waals surface area contributed by atoms with Crippen molar-refractivity contribution in [1.29, 1.82) is 0 Å². The Morgan fingerprint density at radius 2 is 1.95 bits per heavy atom. The fourth-order valence-electron chi connectivity index (χ4n) is 2.50. The standard InChI is InChI=1S/C16H13BrCl2N2/c1-9-4-3-5-13-16(9)21(15(8-18)20-13)14-7-12(19)10(2)6-11(14)17/h3-7H,8H2,1-2H3. The smallest absolute Gasteiger partial charge is 0.129 e. The second-order valence-electron chi connectivity index (χ2n) is 4.99. The Hall–Kier alpha value is -1.03. The van der Waals surface area contributed by atoms with Crippen LogP contribution in [0.3, 0.4) is 0 Å². The van der Waals surface area contributed by atoms with E-state index in [2.05, 4.69) is 38.5 Å². The van der Waals surface area contributed by atoms with Crippen molar-refractivity contribution in [3.05, 3.63) is 56.8 Å². The number of imidazole rings is 1. The summed E-state index contributed by atoms with van der Waals surface area (Å²) in [6.45, 7) is 4.05. The normalized spacial score (nSPS) is 11.3. The maximum Gasteiger partial charge on any atom is 0.129 e. The number of fused-ring (bicyclic) bond motifs is 1. The fraction of sp³-hybridized carbons (Fsp3) is 0.188. The summed E-state index contributed by atoms with van der Waals surface area (Å²) in [5.41, 5.74) is 5.14. The minimum absolute atomic E-state index is 0.339. The van der Waals surface area contributed by atoms with E-state index in [1.54, 1.807) is 0 Å². The van der Waals surface area contributed by atoms with E-state index in [1.807, 2.05) is 31.2 Å². The number of benzene rings is 2. The summed E-state index contributed by atoms with van der Waals surface area (Å²) in [5, 5.41) is 0.726. The second-order valence-corrected chi connectivity index (χ2v) is 6.52.